The van der Waals surface area contributed by atoms with E-state index in [1.54, 1.807) is 11.3 Å². The maximum Gasteiger partial charge on any atom is 0.248 e. The number of anilines is 2. The number of allylic oxidation sites excluding steroid dienone is 1. The first-order valence-electron chi connectivity index (χ1n) is 7.30. The van der Waals surface area contributed by atoms with Gasteiger partial charge >= 0.3 is 0 Å². The fourth-order valence-corrected chi connectivity index (χ4v) is 3.34. The number of thiophene rings is 1. The number of rotatable bonds is 3. The zero-order valence-electron chi connectivity index (χ0n) is 12.8. The zero-order chi connectivity index (χ0) is 15.8. The molecule has 3 aromatic rings. The molecule has 0 saturated heterocycles. The van der Waals surface area contributed by atoms with Crippen LogP contribution in [0, 0.1) is 0 Å². The second kappa shape index (κ2) is 5.51. The molecular formula is C16H16N6S. The summed E-state index contributed by atoms with van der Waals surface area (Å²) in [4.78, 5) is 3.26. The molecule has 1 aliphatic rings. The predicted molar refractivity (Wildman–Crippen MR) is 92.6 cm³/mol. The Morgan fingerprint density at radius 3 is 2.70 bits per heavy atom. The van der Waals surface area contributed by atoms with E-state index in [0.717, 1.165) is 11.3 Å². The number of aromatic nitrogens is 4. The van der Waals surface area contributed by atoms with Crippen molar-refractivity contribution in [3.63, 3.8) is 0 Å². The van der Waals surface area contributed by atoms with Crippen molar-refractivity contribution in [2.45, 2.75) is 6.04 Å². The van der Waals surface area contributed by atoms with Crippen LogP contribution in [0.1, 0.15) is 16.5 Å². The molecule has 6 nitrogen and oxygen atoms in total. The molecule has 0 spiro atoms. The van der Waals surface area contributed by atoms with Gasteiger partial charge in [-0.05, 0) is 45.6 Å². The summed E-state index contributed by atoms with van der Waals surface area (Å²) >= 11 is 1.69. The number of tetrazole rings is 1. The normalized spacial score (nSPS) is 16.4. The molecule has 1 aliphatic heterocycles. The summed E-state index contributed by atoms with van der Waals surface area (Å²) in [5.41, 5.74) is 3.37. The third-order valence-electron chi connectivity index (χ3n) is 3.86. The summed E-state index contributed by atoms with van der Waals surface area (Å²) in [5.74, 6) is 0.664. The first-order valence-corrected chi connectivity index (χ1v) is 8.18. The van der Waals surface area contributed by atoms with Gasteiger partial charge in [-0.15, -0.1) is 11.3 Å². The van der Waals surface area contributed by atoms with E-state index in [0.29, 0.717) is 5.95 Å². The number of hydrogen-bond acceptors (Lipinski definition) is 6. The maximum absolute atomic E-state index is 4.13. The summed E-state index contributed by atoms with van der Waals surface area (Å²) in [6, 6.07) is 12.6. The SMILES string of the molecule is CN(C)c1ccc([C@H]2C=C(c3cccs3)Nc3nnnn32)cc1. The van der Waals surface area contributed by atoms with E-state index in [4.69, 9.17) is 0 Å². The minimum absolute atomic E-state index is 0.0189. The van der Waals surface area contributed by atoms with Gasteiger partial charge in [-0.2, -0.15) is 4.68 Å². The van der Waals surface area contributed by atoms with Gasteiger partial charge in [0, 0.05) is 19.8 Å². The van der Waals surface area contributed by atoms with Crippen molar-refractivity contribution in [2.75, 3.05) is 24.3 Å². The van der Waals surface area contributed by atoms with Crippen molar-refractivity contribution >= 4 is 28.7 Å². The van der Waals surface area contributed by atoms with Gasteiger partial charge in [0.25, 0.3) is 0 Å². The fourth-order valence-electron chi connectivity index (χ4n) is 2.64. The third-order valence-corrected chi connectivity index (χ3v) is 4.77. The van der Waals surface area contributed by atoms with Crippen LogP contribution in [-0.4, -0.2) is 34.3 Å². The molecule has 1 N–H and O–H groups in total. The van der Waals surface area contributed by atoms with Crippen LogP contribution >= 0.6 is 11.3 Å². The zero-order valence-corrected chi connectivity index (χ0v) is 13.7. The maximum atomic E-state index is 4.13. The van der Waals surface area contributed by atoms with Crippen LogP contribution in [0.5, 0.6) is 0 Å². The van der Waals surface area contributed by atoms with Crippen LogP contribution in [0.3, 0.4) is 0 Å². The quantitative estimate of drug-likeness (QED) is 0.803. The van der Waals surface area contributed by atoms with Crippen molar-refractivity contribution < 1.29 is 0 Å². The standard InChI is InChI=1S/C16H16N6S/c1-21(2)12-7-5-11(6-8-12)14-10-13(15-4-3-9-23-15)17-16-18-19-20-22(14)16/h3-10,14H,1-2H3,(H,17,18,20)/t14-/m1/s1. The van der Waals surface area contributed by atoms with Gasteiger partial charge in [-0.1, -0.05) is 23.3 Å². The molecule has 3 heterocycles. The van der Waals surface area contributed by atoms with Crippen LogP contribution in [0.4, 0.5) is 11.6 Å². The second-order valence-corrected chi connectivity index (χ2v) is 6.51. The van der Waals surface area contributed by atoms with Gasteiger partial charge < -0.3 is 10.2 Å². The number of hydrogen-bond donors (Lipinski definition) is 1. The van der Waals surface area contributed by atoms with Crippen molar-refractivity contribution in [1.29, 1.82) is 0 Å². The molecule has 23 heavy (non-hydrogen) atoms. The molecule has 2 aromatic heterocycles. The highest BCUT2D eigenvalue weighted by Gasteiger charge is 2.24. The van der Waals surface area contributed by atoms with E-state index >= 15 is 0 Å². The second-order valence-electron chi connectivity index (χ2n) is 5.56. The Morgan fingerprint density at radius 1 is 1.17 bits per heavy atom. The van der Waals surface area contributed by atoms with Gasteiger partial charge in [0.1, 0.15) is 6.04 Å². The van der Waals surface area contributed by atoms with E-state index < -0.39 is 0 Å². The first kappa shape index (κ1) is 14.0. The highest BCUT2D eigenvalue weighted by molar-refractivity contribution is 7.11. The molecule has 0 fully saturated rings. The van der Waals surface area contributed by atoms with E-state index in [-0.39, 0.29) is 6.04 Å². The molecule has 0 unspecified atom stereocenters. The van der Waals surface area contributed by atoms with Crippen LogP contribution in [0.2, 0.25) is 0 Å². The minimum Gasteiger partial charge on any atom is -0.378 e. The predicted octanol–water partition coefficient (Wildman–Crippen LogP) is 2.86. The van der Waals surface area contributed by atoms with Crippen LogP contribution in [0.25, 0.3) is 5.70 Å². The molecule has 0 aliphatic carbocycles. The topological polar surface area (TPSA) is 58.9 Å². The molecule has 1 atom stereocenters. The summed E-state index contributed by atoms with van der Waals surface area (Å²) in [7, 11) is 4.07. The highest BCUT2D eigenvalue weighted by atomic mass is 32.1. The number of benzene rings is 1. The Labute approximate surface area is 138 Å². The molecule has 1 aromatic carbocycles. The lowest BCUT2D eigenvalue weighted by atomic mass is 10.0. The lowest BCUT2D eigenvalue weighted by Gasteiger charge is -2.23. The van der Waals surface area contributed by atoms with Crippen molar-refractivity contribution in [1.82, 2.24) is 20.2 Å². The van der Waals surface area contributed by atoms with Crippen LogP contribution < -0.4 is 10.2 Å². The number of fused-ring (bicyclic) bond motifs is 1. The van der Waals surface area contributed by atoms with E-state index in [1.165, 1.54) is 10.6 Å². The van der Waals surface area contributed by atoms with Gasteiger partial charge in [0.15, 0.2) is 0 Å². The molecule has 0 radical (unpaired) electrons. The van der Waals surface area contributed by atoms with Gasteiger partial charge in [0.2, 0.25) is 5.95 Å². The largest absolute Gasteiger partial charge is 0.378 e. The summed E-state index contributed by atoms with van der Waals surface area (Å²) < 4.78 is 1.81. The summed E-state index contributed by atoms with van der Waals surface area (Å²) in [5, 5.41) is 17.4. The molecule has 0 amide bonds. The van der Waals surface area contributed by atoms with Crippen molar-refractivity contribution in [2.24, 2.45) is 0 Å². The van der Waals surface area contributed by atoms with E-state index in [2.05, 4.69) is 67.5 Å². The summed E-state index contributed by atoms with van der Waals surface area (Å²) in [6.45, 7) is 0. The highest BCUT2D eigenvalue weighted by Crippen LogP contribution is 2.33. The Kier molecular flexibility index (Phi) is 3.34. The smallest absolute Gasteiger partial charge is 0.248 e. The fraction of sp³-hybridized carbons (Fsp3) is 0.188. The molecule has 4 rings (SSSR count). The number of nitrogens with zero attached hydrogens (tertiary/aromatic N) is 5. The lowest BCUT2D eigenvalue weighted by molar-refractivity contribution is 0.586. The average Bonchev–Trinajstić information content (AvgIpc) is 3.25. The summed E-state index contributed by atoms with van der Waals surface area (Å²) in [6.07, 6.45) is 2.17. The van der Waals surface area contributed by atoms with E-state index in [1.807, 2.05) is 24.8 Å². The molecule has 0 saturated carbocycles. The van der Waals surface area contributed by atoms with Crippen LogP contribution in [0.15, 0.2) is 47.9 Å². The molecular weight excluding hydrogens is 308 g/mol. The molecule has 7 heteroatoms. The Morgan fingerprint density at radius 2 is 2.00 bits per heavy atom. The molecule has 0 bridgehead atoms. The van der Waals surface area contributed by atoms with Gasteiger partial charge in [-0.3, -0.25) is 0 Å². The Hall–Kier alpha value is -2.67. The third kappa shape index (κ3) is 2.49. The van der Waals surface area contributed by atoms with Crippen molar-refractivity contribution in [3.05, 3.63) is 58.3 Å². The monoisotopic (exact) mass is 324 g/mol. The van der Waals surface area contributed by atoms with Crippen LogP contribution in [-0.2, 0) is 0 Å². The lowest BCUT2D eigenvalue weighted by Crippen LogP contribution is -2.20. The minimum atomic E-state index is -0.0189. The number of nitrogens with one attached hydrogen (secondary N) is 1. The van der Waals surface area contributed by atoms with E-state index in [9.17, 15) is 0 Å². The Bertz CT molecular complexity index is 832. The van der Waals surface area contributed by atoms with Gasteiger partial charge in [0.05, 0.1) is 10.6 Å². The first-order chi connectivity index (χ1) is 11.2. The van der Waals surface area contributed by atoms with Crippen molar-refractivity contribution in [3.8, 4) is 0 Å². The average molecular weight is 324 g/mol. The molecule has 116 valence electrons. The van der Waals surface area contributed by atoms with Gasteiger partial charge in [-0.25, -0.2) is 0 Å². The Balaban J connectivity index is 1.76.